The molecule has 0 saturated heterocycles. The molecule has 0 fully saturated rings. The second-order valence-electron chi connectivity index (χ2n) is 6.16. The molecule has 0 spiro atoms. The molecule has 4 N–H and O–H groups in total. The highest BCUT2D eigenvalue weighted by Crippen LogP contribution is 2.16. The van der Waals surface area contributed by atoms with Gasteiger partial charge in [0, 0.05) is 50.0 Å². The molecule has 8 nitrogen and oxygen atoms in total. The van der Waals surface area contributed by atoms with Gasteiger partial charge in [-0.2, -0.15) is 0 Å². The molecule has 0 aliphatic rings. The Morgan fingerprint density at radius 3 is 2.81 bits per heavy atom. The summed E-state index contributed by atoms with van der Waals surface area (Å²) < 4.78 is 1.80. The molecular formula is C18H21N7O. The molecule has 3 aromatic rings. The molecule has 134 valence electrons. The van der Waals surface area contributed by atoms with Crippen molar-refractivity contribution in [3.8, 4) is 0 Å². The molecular weight excluding hydrogens is 330 g/mol. The molecule has 0 unspecified atom stereocenters. The number of carbonyl (C=O) groups is 1. The van der Waals surface area contributed by atoms with E-state index in [1.165, 1.54) is 5.01 Å². The number of nitrogens with two attached hydrogens (primary N) is 2. The topological polar surface area (TPSA) is 106 Å². The predicted octanol–water partition coefficient (Wildman–Crippen LogP) is 1.24. The quantitative estimate of drug-likeness (QED) is 0.391. The van der Waals surface area contributed by atoms with Gasteiger partial charge in [-0.05, 0) is 18.2 Å². The minimum Gasteiger partial charge on any atom is -0.397 e. The van der Waals surface area contributed by atoms with Crippen LogP contribution in [0.15, 0.2) is 49.2 Å². The summed E-state index contributed by atoms with van der Waals surface area (Å²) in [5.74, 6) is 6.06. The van der Waals surface area contributed by atoms with Gasteiger partial charge in [0.1, 0.15) is 5.65 Å². The number of aromatic nitrogens is 3. The van der Waals surface area contributed by atoms with Crippen LogP contribution in [0.5, 0.6) is 0 Å². The zero-order valence-electron chi connectivity index (χ0n) is 14.7. The number of aldehydes is 1. The van der Waals surface area contributed by atoms with Gasteiger partial charge >= 0.3 is 0 Å². The molecule has 8 heteroatoms. The number of hydrazine groups is 1. The van der Waals surface area contributed by atoms with Crippen LogP contribution in [0.2, 0.25) is 0 Å². The van der Waals surface area contributed by atoms with Gasteiger partial charge < -0.3 is 20.0 Å². The summed E-state index contributed by atoms with van der Waals surface area (Å²) in [6.07, 6.45) is 9.47. The van der Waals surface area contributed by atoms with Crippen molar-refractivity contribution in [2.45, 2.75) is 6.54 Å². The van der Waals surface area contributed by atoms with Crippen LogP contribution in [-0.2, 0) is 6.54 Å². The SMILES string of the molecule is CN(C)c1cncc(/C(N)=C/N(N)Cc2cn3cc(C=O)ccc3n2)c1. The van der Waals surface area contributed by atoms with Crippen LogP contribution < -0.4 is 16.5 Å². The van der Waals surface area contributed by atoms with Crippen molar-refractivity contribution < 1.29 is 4.79 Å². The average Bonchev–Trinajstić information content (AvgIpc) is 3.02. The molecule has 0 aliphatic heterocycles. The van der Waals surface area contributed by atoms with E-state index in [-0.39, 0.29) is 0 Å². The summed E-state index contributed by atoms with van der Waals surface area (Å²) in [6, 6.07) is 5.46. The van der Waals surface area contributed by atoms with Gasteiger partial charge in [0.2, 0.25) is 0 Å². The Morgan fingerprint density at radius 2 is 2.08 bits per heavy atom. The first kappa shape index (κ1) is 17.4. The van der Waals surface area contributed by atoms with E-state index >= 15 is 0 Å². The number of nitrogens with zero attached hydrogens (tertiary/aromatic N) is 5. The van der Waals surface area contributed by atoms with Gasteiger partial charge in [-0.25, -0.2) is 10.8 Å². The standard InChI is InChI=1S/C18H21N7O/c1-23(2)16-5-14(6-21-7-16)17(19)11-25(20)10-15-9-24-8-13(12-26)3-4-18(24)22-15/h3-9,11-12H,10,19-20H2,1-2H3/b17-11-. The summed E-state index contributed by atoms with van der Waals surface area (Å²) in [7, 11) is 3.88. The normalized spacial score (nSPS) is 11.6. The minimum absolute atomic E-state index is 0.375. The number of pyridine rings is 2. The predicted molar refractivity (Wildman–Crippen MR) is 101 cm³/mol. The monoisotopic (exact) mass is 351 g/mol. The third kappa shape index (κ3) is 3.81. The van der Waals surface area contributed by atoms with Crippen molar-refractivity contribution >= 4 is 23.3 Å². The first-order valence-corrected chi connectivity index (χ1v) is 8.00. The molecule has 3 rings (SSSR count). The van der Waals surface area contributed by atoms with Gasteiger partial charge in [-0.1, -0.05) is 0 Å². The lowest BCUT2D eigenvalue weighted by molar-refractivity contribution is 0.112. The summed E-state index contributed by atoms with van der Waals surface area (Å²) in [4.78, 5) is 21.5. The smallest absolute Gasteiger partial charge is 0.151 e. The van der Waals surface area contributed by atoms with Crippen molar-refractivity contribution in [2.75, 3.05) is 19.0 Å². The van der Waals surface area contributed by atoms with Crippen LogP contribution in [0, 0.1) is 0 Å². The second kappa shape index (κ2) is 7.24. The number of anilines is 1. The van der Waals surface area contributed by atoms with Crippen molar-refractivity contribution in [2.24, 2.45) is 11.6 Å². The number of rotatable bonds is 6. The fraction of sp³-hybridized carbons (Fsp3) is 0.167. The van der Waals surface area contributed by atoms with Crippen molar-refractivity contribution in [3.05, 3.63) is 66.0 Å². The zero-order valence-corrected chi connectivity index (χ0v) is 14.7. The van der Waals surface area contributed by atoms with Gasteiger partial charge in [0.25, 0.3) is 0 Å². The number of imidazole rings is 1. The van der Waals surface area contributed by atoms with Crippen LogP contribution in [0.25, 0.3) is 11.3 Å². The molecule has 0 aliphatic carbocycles. The fourth-order valence-electron chi connectivity index (χ4n) is 2.52. The highest BCUT2D eigenvalue weighted by Gasteiger charge is 2.07. The number of hydrogen-bond donors (Lipinski definition) is 2. The molecule has 0 radical (unpaired) electrons. The molecule has 0 saturated carbocycles. The van der Waals surface area contributed by atoms with E-state index < -0.39 is 0 Å². The van der Waals surface area contributed by atoms with Gasteiger partial charge in [-0.15, -0.1) is 0 Å². The maximum Gasteiger partial charge on any atom is 0.151 e. The van der Waals surface area contributed by atoms with Crippen LogP contribution in [0.1, 0.15) is 21.6 Å². The Balaban J connectivity index is 1.77. The van der Waals surface area contributed by atoms with Gasteiger partial charge in [-0.3, -0.25) is 9.78 Å². The summed E-state index contributed by atoms with van der Waals surface area (Å²) in [5.41, 5.74) is 10.5. The molecule has 0 amide bonds. The van der Waals surface area contributed by atoms with Crippen LogP contribution in [0.4, 0.5) is 5.69 Å². The first-order valence-electron chi connectivity index (χ1n) is 8.00. The molecule has 0 bridgehead atoms. The molecule has 0 aromatic carbocycles. The minimum atomic E-state index is 0.375. The van der Waals surface area contributed by atoms with Crippen LogP contribution in [-0.4, -0.2) is 39.8 Å². The van der Waals surface area contributed by atoms with Crippen molar-refractivity contribution in [1.29, 1.82) is 0 Å². The lowest BCUT2D eigenvalue weighted by atomic mass is 10.2. The summed E-state index contributed by atoms with van der Waals surface area (Å²) in [5, 5.41) is 1.47. The number of hydrogen-bond acceptors (Lipinski definition) is 7. The van der Waals surface area contributed by atoms with Gasteiger partial charge in [0.15, 0.2) is 6.29 Å². The zero-order chi connectivity index (χ0) is 18.7. The highest BCUT2D eigenvalue weighted by atomic mass is 16.1. The highest BCUT2D eigenvalue weighted by molar-refractivity contribution is 5.74. The maximum atomic E-state index is 10.9. The van der Waals surface area contributed by atoms with Gasteiger partial charge in [0.05, 0.1) is 29.8 Å². The Bertz CT molecular complexity index is 961. The molecule has 3 heterocycles. The van der Waals surface area contributed by atoms with Crippen LogP contribution >= 0.6 is 0 Å². The molecule has 0 atom stereocenters. The summed E-state index contributed by atoms with van der Waals surface area (Å²) >= 11 is 0. The van der Waals surface area contributed by atoms with E-state index in [0.29, 0.717) is 17.8 Å². The largest absolute Gasteiger partial charge is 0.397 e. The van der Waals surface area contributed by atoms with Crippen molar-refractivity contribution in [3.63, 3.8) is 0 Å². The lowest BCUT2D eigenvalue weighted by Crippen LogP contribution is -2.26. The third-order valence-electron chi connectivity index (χ3n) is 3.88. The maximum absolute atomic E-state index is 10.9. The second-order valence-corrected chi connectivity index (χ2v) is 6.16. The summed E-state index contributed by atoms with van der Waals surface area (Å²) in [6.45, 7) is 0.375. The van der Waals surface area contributed by atoms with E-state index in [1.807, 2.05) is 31.3 Å². The lowest BCUT2D eigenvalue weighted by Gasteiger charge is -2.15. The van der Waals surface area contributed by atoms with Crippen LogP contribution in [0.3, 0.4) is 0 Å². The Kier molecular flexibility index (Phi) is 4.85. The fourth-order valence-corrected chi connectivity index (χ4v) is 2.52. The molecule has 26 heavy (non-hydrogen) atoms. The van der Waals surface area contributed by atoms with Crippen molar-refractivity contribution in [1.82, 2.24) is 19.4 Å². The Labute approximate surface area is 151 Å². The number of fused-ring (bicyclic) bond motifs is 1. The van der Waals surface area contributed by atoms with E-state index in [2.05, 4.69) is 9.97 Å². The molecule has 3 aromatic heterocycles. The third-order valence-corrected chi connectivity index (χ3v) is 3.88. The van der Waals surface area contributed by atoms with E-state index in [0.717, 1.165) is 28.9 Å². The van der Waals surface area contributed by atoms with E-state index in [1.54, 1.807) is 41.3 Å². The van der Waals surface area contributed by atoms with E-state index in [4.69, 9.17) is 11.6 Å². The number of carbonyl (C=O) groups excluding carboxylic acids is 1. The van der Waals surface area contributed by atoms with E-state index in [9.17, 15) is 4.79 Å². The first-order chi connectivity index (χ1) is 12.5. The Morgan fingerprint density at radius 1 is 1.27 bits per heavy atom. The Hall–Kier alpha value is -3.39. The average molecular weight is 351 g/mol.